The molecule has 1 saturated heterocycles. The van der Waals surface area contributed by atoms with Crippen LogP contribution < -0.4 is 0 Å². The second-order valence-electron chi connectivity index (χ2n) is 6.21. The molecule has 1 fully saturated rings. The van der Waals surface area contributed by atoms with Crippen molar-refractivity contribution in [2.75, 3.05) is 32.7 Å². The molecular formula is C15H24ClN3O2. The Morgan fingerprint density at radius 3 is 2.48 bits per heavy atom. The van der Waals surface area contributed by atoms with Gasteiger partial charge in [-0.05, 0) is 26.8 Å². The number of hydrogen-bond acceptors (Lipinski definition) is 3. The predicted molar refractivity (Wildman–Crippen MR) is 83.8 cm³/mol. The summed E-state index contributed by atoms with van der Waals surface area (Å²) in [4.78, 5) is 16.6. The molecule has 1 amide bonds. The fourth-order valence-corrected chi connectivity index (χ4v) is 2.95. The molecule has 0 aliphatic carbocycles. The summed E-state index contributed by atoms with van der Waals surface area (Å²) in [6.07, 6.45) is 1.79. The van der Waals surface area contributed by atoms with Gasteiger partial charge in [-0.25, -0.2) is 0 Å². The first-order valence-electron chi connectivity index (χ1n) is 7.40. The van der Waals surface area contributed by atoms with Gasteiger partial charge in [-0.1, -0.05) is 11.6 Å². The van der Waals surface area contributed by atoms with Crippen LogP contribution in [0, 0.1) is 0 Å². The maximum atomic E-state index is 12.6. The molecule has 1 aliphatic heterocycles. The molecule has 6 heteroatoms. The maximum absolute atomic E-state index is 12.6. The van der Waals surface area contributed by atoms with E-state index in [1.54, 1.807) is 26.1 Å². The van der Waals surface area contributed by atoms with Crippen LogP contribution in [0.15, 0.2) is 12.3 Å². The predicted octanol–water partition coefficient (Wildman–Crippen LogP) is 1.69. The van der Waals surface area contributed by atoms with Gasteiger partial charge in [0.25, 0.3) is 5.91 Å². The summed E-state index contributed by atoms with van der Waals surface area (Å²) in [6.45, 7) is 9.91. The number of aliphatic hydroxyl groups is 1. The molecule has 0 unspecified atom stereocenters. The van der Waals surface area contributed by atoms with Crippen molar-refractivity contribution in [3.63, 3.8) is 0 Å². The topological polar surface area (TPSA) is 48.7 Å². The van der Waals surface area contributed by atoms with E-state index in [-0.39, 0.29) is 5.91 Å². The number of halogens is 1. The molecule has 0 bridgehead atoms. The highest BCUT2D eigenvalue weighted by atomic mass is 35.5. The molecule has 21 heavy (non-hydrogen) atoms. The summed E-state index contributed by atoms with van der Waals surface area (Å²) in [5, 5.41) is 10.5. The minimum Gasteiger partial charge on any atom is -0.389 e. The molecule has 0 spiro atoms. The van der Waals surface area contributed by atoms with Crippen LogP contribution in [0.3, 0.4) is 0 Å². The molecule has 5 nitrogen and oxygen atoms in total. The Hall–Kier alpha value is -1.04. The summed E-state index contributed by atoms with van der Waals surface area (Å²) in [5.74, 6) is 0.0339. The average Bonchev–Trinajstić information content (AvgIpc) is 2.78. The van der Waals surface area contributed by atoms with E-state index in [1.165, 1.54) is 0 Å². The van der Waals surface area contributed by atoms with E-state index in [0.717, 1.165) is 19.6 Å². The van der Waals surface area contributed by atoms with Gasteiger partial charge in [0.1, 0.15) is 5.69 Å². The third kappa shape index (κ3) is 4.22. The summed E-state index contributed by atoms with van der Waals surface area (Å²) in [5.41, 5.74) is -0.0465. The van der Waals surface area contributed by atoms with Gasteiger partial charge in [0.2, 0.25) is 0 Å². The van der Waals surface area contributed by atoms with Crippen LogP contribution in [-0.4, -0.2) is 63.7 Å². The van der Waals surface area contributed by atoms with Crippen molar-refractivity contribution in [3.05, 3.63) is 23.0 Å². The first-order chi connectivity index (χ1) is 9.80. The van der Waals surface area contributed by atoms with E-state index < -0.39 is 5.60 Å². The smallest absolute Gasteiger partial charge is 0.270 e. The minimum atomic E-state index is -0.698. The molecule has 1 aromatic rings. The SMILES string of the molecule is CCn1cc(Cl)cc1C(=O)N1CCN(CC(C)(C)O)CC1. The molecule has 1 N–H and O–H groups in total. The number of piperazine rings is 1. The molecule has 2 heterocycles. The normalized spacial score (nSPS) is 17.3. The van der Waals surface area contributed by atoms with Crippen LogP contribution in [0.5, 0.6) is 0 Å². The van der Waals surface area contributed by atoms with Crippen molar-refractivity contribution < 1.29 is 9.90 Å². The fourth-order valence-electron chi connectivity index (χ4n) is 2.73. The minimum absolute atomic E-state index is 0.0339. The van der Waals surface area contributed by atoms with Crippen LogP contribution in [-0.2, 0) is 6.54 Å². The number of aromatic nitrogens is 1. The lowest BCUT2D eigenvalue weighted by atomic mass is 10.1. The molecule has 0 radical (unpaired) electrons. The molecular weight excluding hydrogens is 290 g/mol. The Kier molecular flexibility index (Phi) is 4.96. The third-order valence-corrected chi connectivity index (χ3v) is 3.90. The number of hydrogen-bond donors (Lipinski definition) is 1. The van der Waals surface area contributed by atoms with Gasteiger partial charge in [-0.3, -0.25) is 9.69 Å². The van der Waals surface area contributed by atoms with E-state index in [9.17, 15) is 9.90 Å². The molecule has 1 aliphatic rings. The Labute approximate surface area is 131 Å². The molecule has 118 valence electrons. The van der Waals surface area contributed by atoms with Crippen molar-refractivity contribution in [1.29, 1.82) is 0 Å². The highest BCUT2D eigenvalue weighted by Gasteiger charge is 2.26. The highest BCUT2D eigenvalue weighted by Crippen LogP contribution is 2.17. The lowest BCUT2D eigenvalue weighted by molar-refractivity contribution is 0.0176. The van der Waals surface area contributed by atoms with Gasteiger partial charge in [0.15, 0.2) is 0 Å². The second kappa shape index (κ2) is 6.38. The van der Waals surface area contributed by atoms with Gasteiger partial charge in [-0.15, -0.1) is 0 Å². The standard InChI is InChI=1S/C15H24ClN3O2/c1-4-18-10-12(16)9-13(18)14(20)19-7-5-17(6-8-19)11-15(2,3)21/h9-10,21H,4-8,11H2,1-3H3. The van der Waals surface area contributed by atoms with E-state index in [0.29, 0.717) is 30.4 Å². The zero-order chi connectivity index (χ0) is 15.6. The van der Waals surface area contributed by atoms with E-state index >= 15 is 0 Å². The van der Waals surface area contributed by atoms with E-state index in [2.05, 4.69) is 4.90 Å². The number of amides is 1. The molecule has 2 rings (SSSR count). The van der Waals surface area contributed by atoms with Gasteiger partial charge < -0.3 is 14.6 Å². The van der Waals surface area contributed by atoms with Gasteiger partial charge >= 0.3 is 0 Å². The first kappa shape index (κ1) is 16.3. The summed E-state index contributed by atoms with van der Waals surface area (Å²) in [7, 11) is 0. The van der Waals surface area contributed by atoms with E-state index in [4.69, 9.17) is 11.6 Å². The zero-order valence-electron chi connectivity index (χ0n) is 13.0. The second-order valence-corrected chi connectivity index (χ2v) is 6.65. The number of aryl methyl sites for hydroxylation is 1. The van der Waals surface area contributed by atoms with E-state index in [1.807, 2.05) is 16.4 Å². The average molecular weight is 314 g/mol. The number of carbonyl (C=O) groups excluding carboxylic acids is 1. The van der Waals surface area contributed by atoms with Gasteiger partial charge in [0.05, 0.1) is 10.6 Å². The van der Waals surface area contributed by atoms with Crippen LogP contribution in [0.1, 0.15) is 31.3 Å². The highest BCUT2D eigenvalue weighted by molar-refractivity contribution is 6.31. The molecule has 1 aromatic heterocycles. The molecule has 0 atom stereocenters. The first-order valence-corrected chi connectivity index (χ1v) is 7.77. The van der Waals surface area contributed by atoms with Crippen LogP contribution >= 0.6 is 11.6 Å². The Morgan fingerprint density at radius 1 is 1.33 bits per heavy atom. The van der Waals surface area contributed by atoms with Gasteiger partial charge in [0, 0.05) is 45.5 Å². The lowest BCUT2D eigenvalue weighted by Crippen LogP contribution is -2.52. The summed E-state index contributed by atoms with van der Waals surface area (Å²) in [6, 6.07) is 1.73. The monoisotopic (exact) mass is 313 g/mol. The van der Waals surface area contributed by atoms with Gasteiger partial charge in [-0.2, -0.15) is 0 Å². The summed E-state index contributed by atoms with van der Waals surface area (Å²) < 4.78 is 1.88. The van der Waals surface area contributed by atoms with Crippen LogP contribution in [0.4, 0.5) is 0 Å². The quantitative estimate of drug-likeness (QED) is 0.920. The summed E-state index contributed by atoms with van der Waals surface area (Å²) >= 11 is 6.00. The van der Waals surface area contributed by atoms with Crippen molar-refractivity contribution >= 4 is 17.5 Å². The van der Waals surface area contributed by atoms with Crippen LogP contribution in [0.25, 0.3) is 0 Å². The Bertz CT molecular complexity index is 500. The number of β-amino-alcohol motifs (C(OH)–C–C–N with tert-alkyl or cyclic N) is 1. The lowest BCUT2D eigenvalue weighted by Gasteiger charge is -2.37. The number of rotatable bonds is 4. The van der Waals surface area contributed by atoms with Crippen LogP contribution in [0.2, 0.25) is 5.02 Å². The number of carbonyl (C=O) groups is 1. The Morgan fingerprint density at radius 2 is 1.95 bits per heavy atom. The molecule has 0 saturated carbocycles. The largest absolute Gasteiger partial charge is 0.389 e. The fraction of sp³-hybridized carbons (Fsp3) is 0.667. The van der Waals surface area contributed by atoms with Crippen molar-refractivity contribution in [3.8, 4) is 0 Å². The zero-order valence-corrected chi connectivity index (χ0v) is 13.7. The number of nitrogens with zero attached hydrogens (tertiary/aromatic N) is 3. The Balaban J connectivity index is 1.97. The van der Waals surface area contributed by atoms with Crippen molar-refractivity contribution in [2.24, 2.45) is 0 Å². The molecule has 0 aromatic carbocycles. The van der Waals surface area contributed by atoms with Crippen molar-refractivity contribution in [1.82, 2.24) is 14.4 Å². The third-order valence-electron chi connectivity index (χ3n) is 3.69. The maximum Gasteiger partial charge on any atom is 0.270 e. The van der Waals surface area contributed by atoms with Crippen molar-refractivity contribution in [2.45, 2.75) is 32.9 Å².